The Bertz CT molecular complexity index is 409. The van der Waals surface area contributed by atoms with E-state index in [1.807, 2.05) is 26.0 Å². The minimum atomic E-state index is -0.724. The Labute approximate surface area is 113 Å². The Kier molecular flexibility index (Phi) is 5.32. The molecule has 0 heterocycles. The summed E-state index contributed by atoms with van der Waals surface area (Å²) in [6, 6.07) is 7.16. The third-order valence-electron chi connectivity index (χ3n) is 3.19. The molecule has 0 saturated carbocycles. The van der Waals surface area contributed by atoms with Gasteiger partial charge in [0, 0.05) is 18.8 Å². The molecule has 1 rings (SSSR count). The van der Waals surface area contributed by atoms with Crippen LogP contribution in [-0.4, -0.2) is 47.3 Å². The van der Waals surface area contributed by atoms with Crippen LogP contribution in [0.25, 0.3) is 0 Å². The Morgan fingerprint density at radius 1 is 1.16 bits per heavy atom. The Balaban J connectivity index is 2.96. The number of aliphatic hydroxyl groups excluding tert-OH is 2. The molecule has 1 aromatic rings. The third-order valence-corrected chi connectivity index (χ3v) is 3.19. The molecule has 5 nitrogen and oxygen atoms in total. The van der Waals surface area contributed by atoms with Crippen LogP contribution < -0.4 is 5.73 Å². The lowest BCUT2D eigenvalue weighted by Gasteiger charge is -2.31. The number of hydrogen-bond acceptors (Lipinski definition) is 4. The van der Waals surface area contributed by atoms with Crippen molar-refractivity contribution in [2.75, 3.05) is 32.0 Å². The summed E-state index contributed by atoms with van der Waals surface area (Å²) in [5, 5.41) is 18.0. The van der Waals surface area contributed by atoms with Crippen LogP contribution in [0.1, 0.15) is 19.4 Å². The fourth-order valence-electron chi connectivity index (χ4n) is 1.97. The molecule has 4 N–H and O–H groups in total. The van der Waals surface area contributed by atoms with Crippen molar-refractivity contribution in [3.63, 3.8) is 0 Å². The first kappa shape index (κ1) is 15.5. The average Bonchev–Trinajstić information content (AvgIpc) is 2.38. The summed E-state index contributed by atoms with van der Waals surface area (Å²) in [5.41, 5.74) is 6.42. The Morgan fingerprint density at radius 3 is 2.05 bits per heavy atom. The fraction of sp³-hybridized carbons (Fsp3) is 0.500. The fourth-order valence-corrected chi connectivity index (χ4v) is 1.97. The highest BCUT2D eigenvalue weighted by atomic mass is 16.3. The number of carbonyl (C=O) groups is 1. The van der Waals surface area contributed by atoms with E-state index in [1.54, 1.807) is 12.1 Å². The molecular formula is C14H22N2O3. The molecule has 0 aromatic heterocycles. The van der Waals surface area contributed by atoms with Crippen LogP contribution in [0.5, 0.6) is 0 Å². The zero-order chi connectivity index (χ0) is 14.5. The predicted octanol–water partition coefficient (Wildman–Crippen LogP) is 0.360. The molecule has 0 unspecified atom stereocenters. The minimum Gasteiger partial charge on any atom is -0.399 e. The largest absolute Gasteiger partial charge is 0.399 e. The molecule has 0 aliphatic carbocycles. The van der Waals surface area contributed by atoms with E-state index < -0.39 is 5.41 Å². The van der Waals surface area contributed by atoms with E-state index in [2.05, 4.69) is 0 Å². The highest BCUT2D eigenvalue weighted by molar-refractivity contribution is 5.87. The molecule has 0 fully saturated rings. The number of nitrogen functional groups attached to an aromatic ring is 1. The monoisotopic (exact) mass is 266 g/mol. The van der Waals surface area contributed by atoms with Gasteiger partial charge in [-0.05, 0) is 31.5 Å². The Hall–Kier alpha value is -1.59. The number of amides is 1. The summed E-state index contributed by atoms with van der Waals surface area (Å²) in [6.45, 7) is 3.84. The second-order valence-corrected chi connectivity index (χ2v) is 4.99. The Morgan fingerprint density at radius 2 is 1.63 bits per heavy atom. The van der Waals surface area contributed by atoms with E-state index >= 15 is 0 Å². The zero-order valence-electron chi connectivity index (χ0n) is 11.5. The van der Waals surface area contributed by atoms with Crippen molar-refractivity contribution in [2.45, 2.75) is 19.3 Å². The summed E-state index contributed by atoms with van der Waals surface area (Å²) in [7, 11) is 0. The molecule has 0 aliphatic heterocycles. The van der Waals surface area contributed by atoms with E-state index in [-0.39, 0.29) is 32.2 Å². The van der Waals surface area contributed by atoms with E-state index in [0.717, 1.165) is 5.56 Å². The molecule has 0 bridgehead atoms. The topological polar surface area (TPSA) is 86.8 Å². The molecule has 1 amide bonds. The first-order valence-electron chi connectivity index (χ1n) is 6.30. The maximum atomic E-state index is 12.5. The van der Waals surface area contributed by atoms with Gasteiger partial charge in [0.25, 0.3) is 0 Å². The normalized spacial score (nSPS) is 11.4. The summed E-state index contributed by atoms with van der Waals surface area (Å²) >= 11 is 0. The molecule has 0 radical (unpaired) electrons. The van der Waals surface area contributed by atoms with Crippen LogP contribution in [0.3, 0.4) is 0 Å². The molecule has 0 atom stereocenters. The lowest BCUT2D eigenvalue weighted by Crippen LogP contribution is -2.45. The number of carbonyl (C=O) groups excluding carboxylic acids is 1. The molecule has 0 aliphatic rings. The van der Waals surface area contributed by atoms with Crippen molar-refractivity contribution < 1.29 is 15.0 Å². The van der Waals surface area contributed by atoms with Crippen LogP contribution in [0, 0.1) is 0 Å². The van der Waals surface area contributed by atoms with E-state index in [1.165, 1.54) is 4.90 Å². The number of nitrogens with two attached hydrogens (primary N) is 1. The van der Waals surface area contributed by atoms with E-state index in [4.69, 9.17) is 15.9 Å². The van der Waals surface area contributed by atoms with Crippen molar-refractivity contribution in [1.82, 2.24) is 4.90 Å². The number of benzene rings is 1. The van der Waals surface area contributed by atoms with Crippen LogP contribution in [0.4, 0.5) is 5.69 Å². The van der Waals surface area contributed by atoms with Gasteiger partial charge in [0.05, 0.1) is 18.6 Å². The highest BCUT2D eigenvalue weighted by Gasteiger charge is 2.33. The van der Waals surface area contributed by atoms with Crippen molar-refractivity contribution in [3.8, 4) is 0 Å². The third kappa shape index (κ3) is 3.68. The quantitative estimate of drug-likeness (QED) is 0.649. The van der Waals surface area contributed by atoms with Gasteiger partial charge in [0.1, 0.15) is 0 Å². The molecule has 0 saturated heterocycles. The molecule has 0 spiro atoms. The van der Waals surface area contributed by atoms with Gasteiger partial charge in [-0.15, -0.1) is 0 Å². The van der Waals surface area contributed by atoms with Crippen molar-refractivity contribution in [1.29, 1.82) is 0 Å². The predicted molar refractivity (Wildman–Crippen MR) is 74.6 cm³/mol. The van der Waals surface area contributed by atoms with Crippen LogP contribution in [-0.2, 0) is 10.2 Å². The second kappa shape index (κ2) is 6.54. The summed E-state index contributed by atoms with van der Waals surface area (Å²) in [6.07, 6.45) is 0. The van der Waals surface area contributed by atoms with Gasteiger partial charge < -0.3 is 20.8 Å². The second-order valence-electron chi connectivity index (χ2n) is 4.99. The lowest BCUT2D eigenvalue weighted by atomic mass is 9.83. The SMILES string of the molecule is CC(C)(C(=O)N(CCO)CCO)c1ccc(N)cc1. The number of nitrogens with zero attached hydrogens (tertiary/aromatic N) is 1. The molecule has 5 heteroatoms. The first-order chi connectivity index (χ1) is 8.93. The zero-order valence-corrected chi connectivity index (χ0v) is 11.5. The number of aliphatic hydroxyl groups is 2. The molecular weight excluding hydrogens is 244 g/mol. The molecule has 1 aromatic carbocycles. The number of anilines is 1. The van der Waals surface area contributed by atoms with Gasteiger partial charge in [-0.1, -0.05) is 12.1 Å². The highest BCUT2D eigenvalue weighted by Crippen LogP contribution is 2.26. The van der Waals surface area contributed by atoms with Gasteiger partial charge in [-0.2, -0.15) is 0 Å². The minimum absolute atomic E-state index is 0.121. The van der Waals surface area contributed by atoms with Crippen LogP contribution in [0.15, 0.2) is 24.3 Å². The molecule has 106 valence electrons. The van der Waals surface area contributed by atoms with Gasteiger partial charge in [0.2, 0.25) is 5.91 Å². The molecule has 19 heavy (non-hydrogen) atoms. The van der Waals surface area contributed by atoms with Gasteiger partial charge in [0.15, 0.2) is 0 Å². The van der Waals surface area contributed by atoms with Crippen molar-refractivity contribution >= 4 is 11.6 Å². The van der Waals surface area contributed by atoms with E-state index in [0.29, 0.717) is 5.69 Å². The van der Waals surface area contributed by atoms with Gasteiger partial charge in [-0.3, -0.25) is 4.79 Å². The van der Waals surface area contributed by atoms with Crippen LogP contribution in [0.2, 0.25) is 0 Å². The maximum Gasteiger partial charge on any atom is 0.232 e. The lowest BCUT2D eigenvalue weighted by molar-refractivity contribution is -0.137. The van der Waals surface area contributed by atoms with E-state index in [9.17, 15) is 4.79 Å². The van der Waals surface area contributed by atoms with Crippen molar-refractivity contribution in [3.05, 3.63) is 29.8 Å². The number of rotatable bonds is 6. The maximum absolute atomic E-state index is 12.5. The van der Waals surface area contributed by atoms with Crippen LogP contribution >= 0.6 is 0 Å². The first-order valence-corrected chi connectivity index (χ1v) is 6.30. The summed E-state index contributed by atoms with van der Waals surface area (Å²) in [4.78, 5) is 14.0. The van der Waals surface area contributed by atoms with Gasteiger partial charge >= 0.3 is 0 Å². The summed E-state index contributed by atoms with van der Waals surface area (Å²) < 4.78 is 0. The summed E-state index contributed by atoms with van der Waals surface area (Å²) in [5.74, 6) is -0.125. The average molecular weight is 266 g/mol. The smallest absolute Gasteiger partial charge is 0.232 e. The van der Waals surface area contributed by atoms with Crippen molar-refractivity contribution in [2.24, 2.45) is 0 Å². The standard InChI is InChI=1S/C14H22N2O3/c1-14(2,11-3-5-12(15)6-4-11)13(19)16(7-9-17)8-10-18/h3-6,17-18H,7-10,15H2,1-2H3. The van der Waals surface area contributed by atoms with Gasteiger partial charge in [-0.25, -0.2) is 0 Å². The number of hydrogen-bond donors (Lipinski definition) is 3.